The lowest BCUT2D eigenvalue weighted by molar-refractivity contribution is -0.383. The standard InChI is InChI=1S/C18H20N4O3/c19-14-5-4-10-21(12-14)18(23)13-8-9-16(17(11-13)22(24)25)20-15-6-2-1-3-7-15/h1-3,6-9,11,14,20H,4-5,10,12,19H2. The molecule has 0 spiro atoms. The summed E-state index contributed by atoms with van der Waals surface area (Å²) in [5.74, 6) is -0.218. The Bertz CT molecular complexity index is 779. The SMILES string of the molecule is NC1CCCN(C(=O)c2ccc(Nc3ccccc3)c([N+](=O)[O-])c2)C1. The number of nitro groups is 1. The molecule has 25 heavy (non-hydrogen) atoms. The number of nitrogens with zero attached hydrogens (tertiary/aromatic N) is 2. The van der Waals surface area contributed by atoms with Crippen LogP contribution in [0.15, 0.2) is 48.5 Å². The van der Waals surface area contributed by atoms with E-state index in [1.807, 2.05) is 30.3 Å². The van der Waals surface area contributed by atoms with Gasteiger partial charge in [0, 0.05) is 36.4 Å². The van der Waals surface area contributed by atoms with Gasteiger partial charge in [-0.25, -0.2) is 0 Å². The summed E-state index contributed by atoms with van der Waals surface area (Å²) in [5, 5.41) is 14.5. The number of rotatable bonds is 4. The molecule has 1 unspecified atom stereocenters. The third kappa shape index (κ3) is 3.95. The molecule has 2 aromatic carbocycles. The number of hydrogen-bond donors (Lipinski definition) is 2. The Kier molecular flexibility index (Phi) is 4.95. The molecule has 3 rings (SSSR count). The highest BCUT2D eigenvalue weighted by molar-refractivity contribution is 5.96. The second kappa shape index (κ2) is 7.31. The summed E-state index contributed by atoms with van der Waals surface area (Å²) < 4.78 is 0. The molecule has 3 N–H and O–H groups in total. The molecule has 1 atom stereocenters. The highest BCUT2D eigenvalue weighted by Crippen LogP contribution is 2.29. The highest BCUT2D eigenvalue weighted by atomic mass is 16.6. The molecular formula is C18H20N4O3. The van der Waals surface area contributed by atoms with E-state index in [0.717, 1.165) is 18.5 Å². The van der Waals surface area contributed by atoms with Crippen LogP contribution in [0.25, 0.3) is 0 Å². The van der Waals surface area contributed by atoms with Gasteiger partial charge in [0.05, 0.1) is 4.92 Å². The predicted octanol–water partition coefficient (Wildman–Crippen LogP) is 2.90. The molecule has 1 heterocycles. The van der Waals surface area contributed by atoms with Gasteiger partial charge in [-0.2, -0.15) is 0 Å². The van der Waals surface area contributed by atoms with Crippen LogP contribution in [-0.4, -0.2) is 34.9 Å². The third-order valence-corrected chi connectivity index (χ3v) is 4.24. The van der Waals surface area contributed by atoms with Gasteiger partial charge >= 0.3 is 0 Å². The summed E-state index contributed by atoms with van der Waals surface area (Å²) >= 11 is 0. The Balaban J connectivity index is 1.86. The van der Waals surface area contributed by atoms with Crippen LogP contribution in [0.3, 0.4) is 0 Å². The molecule has 1 saturated heterocycles. The Hall–Kier alpha value is -2.93. The van der Waals surface area contributed by atoms with Crippen LogP contribution in [0, 0.1) is 10.1 Å². The van der Waals surface area contributed by atoms with Crippen LogP contribution in [-0.2, 0) is 0 Å². The topological polar surface area (TPSA) is 102 Å². The molecule has 0 bridgehead atoms. The summed E-state index contributed by atoms with van der Waals surface area (Å²) in [6.07, 6.45) is 1.74. The Morgan fingerprint density at radius 1 is 1.24 bits per heavy atom. The Morgan fingerprint density at radius 2 is 2.00 bits per heavy atom. The van der Waals surface area contributed by atoms with Gasteiger partial charge in [-0.1, -0.05) is 18.2 Å². The summed E-state index contributed by atoms with van der Waals surface area (Å²) in [5.41, 5.74) is 7.19. The first-order chi connectivity index (χ1) is 12.0. The molecule has 2 aromatic rings. The van der Waals surface area contributed by atoms with Crippen LogP contribution in [0.2, 0.25) is 0 Å². The number of likely N-dealkylation sites (tertiary alicyclic amines) is 1. The van der Waals surface area contributed by atoms with E-state index in [1.165, 1.54) is 6.07 Å². The average Bonchev–Trinajstić information content (AvgIpc) is 2.62. The van der Waals surface area contributed by atoms with Gasteiger partial charge in [-0.15, -0.1) is 0 Å². The molecule has 1 amide bonds. The molecule has 7 heteroatoms. The molecule has 130 valence electrons. The molecule has 7 nitrogen and oxygen atoms in total. The lowest BCUT2D eigenvalue weighted by atomic mass is 10.0. The van der Waals surface area contributed by atoms with Crippen molar-refractivity contribution >= 4 is 23.0 Å². The molecular weight excluding hydrogens is 320 g/mol. The number of piperidine rings is 1. The van der Waals surface area contributed by atoms with Crippen molar-refractivity contribution in [2.24, 2.45) is 5.73 Å². The van der Waals surface area contributed by atoms with E-state index in [-0.39, 0.29) is 17.6 Å². The van der Waals surface area contributed by atoms with Gasteiger partial charge in [-0.05, 0) is 37.1 Å². The van der Waals surface area contributed by atoms with Crippen molar-refractivity contribution in [3.63, 3.8) is 0 Å². The van der Waals surface area contributed by atoms with Crippen molar-refractivity contribution in [3.05, 3.63) is 64.2 Å². The number of nitrogens with two attached hydrogens (primary N) is 1. The minimum absolute atomic E-state index is 0.0355. The maximum atomic E-state index is 12.6. The lowest BCUT2D eigenvalue weighted by Gasteiger charge is -2.30. The van der Waals surface area contributed by atoms with E-state index in [1.54, 1.807) is 17.0 Å². The first kappa shape index (κ1) is 16.9. The van der Waals surface area contributed by atoms with Crippen LogP contribution in [0.1, 0.15) is 23.2 Å². The lowest BCUT2D eigenvalue weighted by Crippen LogP contribution is -2.45. The van der Waals surface area contributed by atoms with Gasteiger partial charge in [0.25, 0.3) is 11.6 Å². The molecule has 0 radical (unpaired) electrons. The van der Waals surface area contributed by atoms with Crippen molar-refractivity contribution in [2.45, 2.75) is 18.9 Å². The first-order valence-corrected chi connectivity index (χ1v) is 8.20. The molecule has 1 aliphatic heterocycles. The maximum absolute atomic E-state index is 12.6. The fourth-order valence-corrected chi connectivity index (χ4v) is 2.98. The molecule has 0 aliphatic carbocycles. The van der Waals surface area contributed by atoms with E-state index in [2.05, 4.69) is 5.32 Å². The zero-order valence-corrected chi connectivity index (χ0v) is 13.7. The van der Waals surface area contributed by atoms with Gasteiger partial charge in [0.2, 0.25) is 0 Å². The smallest absolute Gasteiger partial charge is 0.293 e. The number of hydrogen-bond acceptors (Lipinski definition) is 5. The summed E-state index contributed by atoms with van der Waals surface area (Å²) in [4.78, 5) is 25.2. The number of benzene rings is 2. The molecule has 0 saturated carbocycles. The van der Waals surface area contributed by atoms with Crippen molar-refractivity contribution in [2.75, 3.05) is 18.4 Å². The van der Waals surface area contributed by atoms with Crippen molar-refractivity contribution in [1.29, 1.82) is 0 Å². The largest absolute Gasteiger partial charge is 0.350 e. The maximum Gasteiger partial charge on any atom is 0.293 e. The molecule has 1 fully saturated rings. The normalized spacial score (nSPS) is 17.2. The number of carbonyl (C=O) groups is 1. The minimum Gasteiger partial charge on any atom is -0.350 e. The monoisotopic (exact) mass is 340 g/mol. The summed E-state index contributed by atoms with van der Waals surface area (Å²) in [6, 6.07) is 13.7. The first-order valence-electron chi connectivity index (χ1n) is 8.20. The van der Waals surface area contributed by atoms with Crippen molar-refractivity contribution in [1.82, 2.24) is 4.90 Å². The Morgan fingerprint density at radius 3 is 2.68 bits per heavy atom. The number of nitrogens with one attached hydrogen (secondary N) is 1. The number of para-hydroxylation sites is 1. The number of carbonyl (C=O) groups excluding carboxylic acids is 1. The zero-order chi connectivity index (χ0) is 17.8. The van der Waals surface area contributed by atoms with Crippen molar-refractivity contribution < 1.29 is 9.72 Å². The average molecular weight is 340 g/mol. The van der Waals surface area contributed by atoms with Crippen LogP contribution in [0.5, 0.6) is 0 Å². The van der Waals surface area contributed by atoms with E-state index in [0.29, 0.717) is 24.3 Å². The van der Waals surface area contributed by atoms with Crippen LogP contribution < -0.4 is 11.1 Å². The zero-order valence-electron chi connectivity index (χ0n) is 13.7. The number of amides is 1. The van der Waals surface area contributed by atoms with Crippen LogP contribution >= 0.6 is 0 Å². The third-order valence-electron chi connectivity index (χ3n) is 4.24. The van der Waals surface area contributed by atoms with Crippen LogP contribution in [0.4, 0.5) is 17.1 Å². The second-order valence-electron chi connectivity index (χ2n) is 6.13. The summed E-state index contributed by atoms with van der Waals surface area (Å²) in [7, 11) is 0. The van der Waals surface area contributed by atoms with Crippen molar-refractivity contribution in [3.8, 4) is 0 Å². The molecule has 0 aromatic heterocycles. The van der Waals surface area contributed by atoms with E-state index >= 15 is 0 Å². The fourth-order valence-electron chi connectivity index (χ4n) is 2.98. The van der Waals surface area contributed by atoms with Gasteiger partial charge in [-0.3, -0.25) is 14.9 Å². The van der Waals surface area contributed by atoms with E-state index < -0.39 is 4.92 Å². The second-order valence-corrected chi connectivity index (χ2v) is 6.13. The minimum atomic E-state index is -0.482. The highest BCUT2D eigenvalue weighted by Gasteiger charge is 2.24. The number of anilines is 2. The fraction of sp³-hybridized carbons (Fsp3) is 0.278. The van der Waals surface area contributed by atoms with Gasteiger partial charge in [0.1, 0.15) is 5.69 Å². The predicted molar refractivity (Wildman–Crippen MR) is 95.9 cm³/mol. The Labute approximate surface area is 145 Å². The van der Waals surface area contributed by atoms with Gasteiger partial charge < -0.3 is 16.0 Å². The van der Waals surface area contributed by atoms with Gasteiger partial charge in [0.15, 0.2) is 0 Å². The van der Waals surface area contributed by atoms with E-state index in [9.17, 15) is 14.9 Å². The quantitative estimate of drug-likeness (QED) is 0.658. The number of nitro benzene ring substituents is 1. The van der Waals surface area contributed by atoms with E-state index in [4.69, 9.17) is 5.73 Å². The summed E-state index contributed by atoms with van der Waals surface area (Å²) in [6.45, 7) is 1.11. The molecule has 1 aliphatic rings.